The van der Waals surface area contributed by atoms with Gasteiger partial charge in [0.05, 0.1) is 6.61 Å². The predicted molar refractivity (Wildman–Crippen MR) is 116 cm³/mol. The van der Waals surface area contributed by atoms with Gasteiger partial charge in [0.1, 0.15) is 29.2 Å². The average molecular weight is 431 g/mol. The fraction of sp³-hybridized carbons (Fsp3) is 0.591. The number of ether oxygens (including phenoxy) is 3. The zero-order valence-electron chi connectivity index (χ0n) is 17.2. The van der Waals surface area contributed by atoms with Gasteiger partial charge >= 0.3 is 0 Å². The van der Waals surface area contributed by atoms with Crippen LogP contribution in [0.3, 0.4) is 0 Å². The van der Waals surface area contributed by atoms with Crippen LogP contribution in [-0.2, 0) is 22.4 Å². The summed E-state index contributed by atoms with van der Waals surface area (Å²) < 4.78 is 17.3. The minimum absolute atomic E-state index is 0.0718. The molecule has 0 N–H and O–H groups in total. The standard InChI is InChI=1S/C22H32Cl2O4/c1-4-18-14-20(27-13-10-21(23)24)15-19(5-2)22(18)28-12-9-7-6-8-11-26-16-17(3)25/h10,14-15H,4-9,11-13,16H2,1-3H3. The molecule has 0 fully saturated rings. The highest BCUT2D eigenvalue weighted by atomic mass is 35.5. The van der Waals surface area contributed by atoms with E-state index >= 15 is 0 Å². The van der Waals surface area contributed by atoms with E-state index in [4.69, 9.17) is 37.4 Å². The van der Waals surface area contributed by atoms with Crippen molar-refractivity contribution in [3.63, 3.8) is 0 Å². The summed E-state index contributed by atoms with van der Waals surface area (Å²) >= 11 is 11.2. The molecule has 1 rings (SSSR count). The highest BCUT2D eigenvalue weighted by molar-refractivity contribution is 6.55. The van der Waals surface area contributed by atoms with Crippen molar-refractivity contribution < 1.29 is 19.0 Å². The number of aryl methyl sites for hydroxylation is 2. The Morgan fingerprint density at radius 2 is 1.57 bits per heavy atom. The molecule has 0 heterocycles. The van der Waals surface area contributed by atoms with Gasteiger partial charge in [-0.1, -0.05) is 43.5 Å². The molecule has 0 aromatic heterocycles. The molecule has 0 radical (unpaired) electrons. The summed E-state index contributed by atoms with van der Waals surface area (Å²) in [4.78, 5) is 10.8. The topological polar surface area (TPSA) is 44.8 Å². The van der Waals surface area contributed by atoms with Gasteiger partial charge in [0.25, 0.3) is 0 Å². The summed E-state index contributed by atoms with van der Waals surface area (Å²) in [6, 6.07) is 4.05. The van der Waals surface area contributed by atoms with Crippen LogP contribution in [0.5, 0.6) is 11.5 Å². The highest BCUT2D eigenvalue weighted by Crippen LogP contribution is 2.31. The Balaban J connectivity index is 2.46. The van der Waals surface area contributed by atoms with Crippen molar-refractivity contribution in [1.29, 1.82) is 0 Å². The Labute approximate surface area is 179 Å². The van der Waals surface area contributed by atoms with Crippen LogP contribution in [-0.4, -0.2) is 32.2 Å². The lowest BCUT2D eigenvalue weighted by atomic mass is 10.0. The summed E-state index contributed by atoms with van der Waals surface area (Å²) in [6.07, 6.45) is 7.50. The molecule has 0 bridgehead atoms. The second-order valence-corrected chi connectivity index (χ2v) is 7.61. The molecular weight excluding hydrogens is 399 g/mol. The van der Waals surface area contributed by atoms with Crippen molar-refractivity contribution in [2.45, 2.75) is 59.3 Å². The van der Waals surface area contributed by atoms with Gasteiger partial charge in [0.15, 0.2) is 5.78 Å². The molecule has 158 valence electrons. The van der Waals surface area contributed by atoms with E-state index in [9.17, 15) is 4.79 Å². The highest BCUT2D eigenvalue weighted by Gasteiger charge is 2.11. The van der Waals surface area contributed by atoms with Crippen LogP contribution in [0.2, 0.25) is 0 Å². The summed E-state index contributed by atoms with van der Waals surface area (Å²) in [5.74, 6) is 1.85. The lowest BCUT2D eigenvalue weighted by molar-refractivity contribution is -0.121. The van der Waals surface area contributed by atoms with E-state index in [2.05, 4.69) is 13.8 Å². The van der Waals surface area contributed by atoms with Crippen LogP contribution in [0.15, 0.2) is 22.7 Å². The van der Waals surface area contributed by atoms with Crippen molar-refractivity contribution in [1.82, 2.24) is 0 Å². The third-order valence-corrected chi connectivity index (χ3v) is 4.51. The lowest BCUT2D eigenvalue weighted by Gasteiger charge is -2.17. The maximum absolute atomic E-state index is 10.8. The van der Waals surface area contributed by atoms with Crippen LogP contribution >= 0.6 is 23.2 Å². The first-order valence-electron chi connectivity index (χ1n) is 9.97. The Kier molecular flexibility index (Phi) is 13.0. The molecule has 1 aromatic rings. The molecule has 0 saturated carbocycles. The number of hydrogen-bond donors (Lipinski definition) is 0. The maximum Gasteiger partial charge on any atom is 0.155 e. The number of Topliss-reactive ketones (excluding diaryl/α,β-unsaturated/α-hetero) is 1. The molecule has 28 heavy (non-hydrogen) atoms. The molecule has 4 nitrogen and oxygen atoms in total. The summed E-state index contributed by atoms with van der Waals surface area (Å²) in [5.41, 5.74) is 2.29. The van der Waals surface area contributed by atoms with E-state index in [0.717, 1.165) is 61.2 Å². The smallest absolute Gasteiger partial charge is 0.155 e. The summed E-state index contributed by atoms with van der Waals surface area (Å²) in [6.45, 7) is 7.66. The van der Waals surface area contributed by atoms with E-state index in [-0.39, 0.29) is 16.9 Å². The summed E-state index contributed by atoms with van der Waals surface area (Å²) in [7, 11) is 0. The molecule has 0 aliphatic heterocycles. The van der Waals surface area contributed by atoms with Crippen molar-refractivity contribution >= 4 is 29.0 Å². The Hall–Kier alpha value is -1.23. The molecule has 0 aliphatic carbocycles. The number of unbranched alkanes of at least 4 members (excludes halogenated alkanes) is 3. The van der Waals surface area contributed by atoms with E-state index < -0.39 is 0 Å². The monoisotopic (exact) mass is 430 g/mol. The second-order valence-electron chi connectivity index (χ2n) is 6.60. The summed E-state index contributed by atoms with van der Waals surface area (Å²) in [5, 5.41) is 0. The van der Waals surface area contributed by atoms with E-state index in [1.165, 1.54) is 6.92 Å². The fourth-order valence-electron chi connectivity index (χ4n) is 2.77. The number of carbonyl (C=O) groups is 1. The van der Waals surface area contributed by atoms with Crippen LogP contribution < -0.4 is 9.47 Å². The van der Waals surface area contributed by atoms with E-state index in [0.29, 0.717) is 19.8 Å². The predicted octanol–water partition coefficient (Wildman–Crippen LogP) is 6.05. The Morgan fingerprint density at radius 3 is 2.11 bits per heavy atom. The average Bonchev–Trinajstić information content (AvgIpc) is 2.66. The third-order valence-electron chi connectivity index (χ3n) is 4.20. The van der Waals surface area contributed by atoms with Crippen molar-refractivity contribution in [3.8, 4) is 11.5 Å². The van der Waals surface area contributed by atoms with Crippen LogP contribution in [0.1, 0.15) is 57.6 Å². The van der Waals surface area contributed by atoms with Gasteiger partial charge in [0.2, 0.25) is 0 Å². The van der Waals surface area contributed by atoms with Gasteiger partial charge in [0, 0.05) is 6.61 Å². The van der Waals surface area contributed by atoms with Crippen molar-refractivity contribution in [2.24, 2.45) is 0 Å². The lowest BCUT2D eigenvalue weighted by Crippen LogP contribution is -2.06. The SMILES string of the molecule is CCc1cc(OCC=C(Cl)Cl)cc(CC)c1OCCCCCCOCC(C)=O. The minimum Gasteiger partial charge on any atom is -0.493 e. The molecule has 0 atom stereocenters. The van der Waals surface area contributed by atoms with Gasteiger partial charge in [-0.2, -0.15) is 0 Å². The largest absolute Gasteiger partial charge is 0.493 e. The minimum atomic E-state index is 0.0718. The first kappa shape index (κ1) is 24.8. The van der Waals surface area contributed by atoms with E-state index in [1.54, 1.807) is 6.08 Å². The number of ketones is 1. The zero-order valence-corrected chi connectivity index (χ0v) is 18.7. The number of benzene rings is 1. The third kappa shape index (κ3) is 10.4. The van der Waals surface area contributed by atoms with Crippen LogP contribution in [0.25, 0.3) is 0 Å². The van der Waals surface area contributed by atoms with Gasteiger partial charge in [-0.15, -0.1) is 0 Å². The molecule has 0 saturated heterocycles. The first-order chi connectivity index (χ1) is 13.5. The fourth-order valence-corrected chi connectivity index (χ4v) is 2.89. The number of carbonyl (C=O) groups excluding carboxylic acids is 1. The molecule has 0 aliphatic rings. The second kappa shape index (κ2) is 14.7. The first-order valence-corrected chi connectivity index (χ1v) is 10.7. The van der Waals surface area contributed by atoms with Gasteiger partial charge in [-0.25, -0.2) is 0 Å². The number of hydrogen-bond acceptors (Lipinski definition) is 4. The Bertz CT molecular complexity index is 600. The Morgan fingerprint density at radius 1 is 0.964 bits per heavy atom. The molecule has 0 unspecified atom stereocenters. The van der Waals surface area contributed by atoms with Crippen molar-refractivity contribution in [3.05, 3.63) is 33.8 Å². The molecule has 1 aromatic carbocycles. The van der Waals surface area contributed by atoms with Crippen LogP contribution in [0.4, 0.5) is 0 Å². The van der Waals surface area contributed by atoms with E-state index in [1.807, 2.05) is 12.1 Å². The van der Waals surface area contributed by atoms with Gasteiger partial charge in [-0.3, -0.25) is 4.79 Å². The maximum atomic E-state index is 10.8. The number of halogens is 2. The van der Waals surface area contributed by atoms with Crippen LogP contribution in [0, 0.1) is 0 Å². The molecular formula is C22H32Cl2O4. The quantitative estimate of drug-likeness (QED) is 0.317. The number of rotatable bonds is 15. The van der Waals surface area contributed by atoms with Gasteiger partial charge in [-0.05, 0) is 68.4 Å². The molecule has 6 heteroatoms. The normalized spacial score (nSPS) is 10.6. The van der Waals surface area contributed by atoms with Gasteiger partial charge < -0.3 is 14.2 Å². The zero-order chi connectivity index (χ0) is 20.8. The van der Waals surface area contributed by atoms with Crippen molar-refractivity contribution in [2.75, 3.05) is 26.4 Å². The molecule has 0 spiro atoms. The molecule has 0 amide bonds.